The molecule has 5 heteroatoms. The maximum absolute atomic E-state index is 14.7. The van der Waals surface area contributed by atoms with Crippen LogP contribution in [-0.2, 0) is 29.0 Å². The summed E-state index contributed by atoms with van der Waals surface area (Å²) in [6.45, 7) is 4.04. The fourth-order valence-corrected chi connectivity index (χ4v) is 5.18. The smallest absolute Gasteiger partial charge is 0.243 e. The zero-order valence-corrected chi connectivity index (χ0v) is 21.2. The maximum atomic E-state index is 14.7. The Hall–Kier alpha value is -3.47. The molecule has 3 aromatic rings. The van der Waals surface area contributed by atoms with Crippen LogP contribution in [0.4, 0.5) is 4.39 Å². The lowest BCUT2D eigenvalue weighted by atomic mass is 10.00. The number of carbonyl (C=O) groups is 2. The van der Waals surface area contributed by atoms with Gasteiger partial charge >= 0.3 is 0 Å². The molecule has 188 valence electrons. The van der Waals surface area contributed by atoms with E-state index in [2.05, 4.69) is 11.4 Å². The third kappa shape index (κ3) is 6.81. The fourth-order valence-electron chi connectivity index (χ4n) is 5.18. The summed E-state index contributed by atoms with van der Waals surface area (Å²) < 4.78 is 14.7. The maximum Gasteiger partial charge on any atom is 0.243 e. The summed E-state index contributed by atoms with van der Waals surface area (Å²) in [6, 6.07) is 21.6. The summed E-state index contributed by atoms with van der Waals surface area (Å²) in [5, 5.41) is 3.19. The van der Waals surface area contributed by atoms with Gasteiger partial charge in [0, 0.05) is 24.6 Å². The average molecular weight is 487 g/mol. The number of benzene rings is 3. The van der Waals surface area contributed by atoms with E-state index in [1.807, 2.05) is 56.3 Å². The molecule has 1 N–H and O–H groups in total. The lowest BCUT2D eigenvalue weighted by Gasteiger charge is -2.32. The zero-order chi connectivity index (χ0) is 25.5. The van der Waals surface area contributed by atoms with E-state index < -0.39 is 6.04 Å². The molecular weight excluding hydrogens is 451 g/mol. The van der Waals surface area contributed by atoms with Crippen molar-refractivity contribution in [3.8, 4) is 0 Å². The molecule has 0 heterocycles. The van der Waals surface area contributed by atoms with Crippen LogP contribution in [0.25, 0.3) is 0 Å². The lowest BCUT2D eigenvalue weighted by molar-refractivity contribution is -0.141. The minimum Gasteiger partial charge on any atom is -0.352 e. The van der Waals surface area contributed by atoms with E-state index in [9.17, 15) is 14.0 Å². The van der Waals surface area contributed by atoms with Gasteiger partial charge < -0.3 is 10.2 Å². The van der Waals surface area contributed by atoms with Crippen LogP contribution >= 0.6 is 0 Å². The van der Waals surface area contributed by atoms with Crippen molar-refractivity contribution >= 4 is 11.8 Å². The second kappa shape index (κ2) is 12.0. The molecule has 1 fully saturated rings. The van der Waals surface area contributed by atoms with E-state index in [1.54, 1.807) is 23.1 Å². The van der Waals surface area contributed by atoms with Crippen molar-refractivity contribution in [1.82, 2.24) is 10.2 Å². The average Bonchev–Trinajstić information content (AvgIpc) is 3.35. The topological polar surface area (TPSA) is 49.4 Å². The summed E-state index contributed by atoms with van der Waals surface area (Å²) in [6.07, 6.45) is 4.62. The first-order valence-corrected chi connectivity index (χ1v) is 12.8. The highest BCUT2D eigenvalue weighted by Gasteiger charge is 2.32. The molecule has 0 bridgehead atoms. The second-order valence-corrected chi connectivity index (χ2v) is 9.98. The van der Waals surface area contributed by atoms with Crippen molar-refractivity contribution in [1.29, 1.82) is 0 Å². The van der Waals surface area contributed by atoms with Crippen molar-refractivity contribution in [2.75, 3.05) is 0 Å². The highest BCUT2D eigenvalue weighted by Crippen LogP contribution is 2.21. The van der Waals surface area contributed by atoms with Crippen LogP contribution in [0.3, 0.4) is 0 Å². The second-order valence-electron chi connectivity index (χ2n) is 9.98. The van der Waals surface area contributed by atoms with E-state index in [0.29, 0.717) is 12.0 Å². The number of nitrogens with zero attached hydrogens (tertiary/aromatic N) is 1. The number of rotatable bonds is 9. The molecule has 0 radical (unpaired) electrons. The third-order valence-electron chi connectivity index (χ3n) is 6.91. The molecule has 1 atom stereocenters. The Labute approximate surface area is 213 Å². The Morgan fingerprint density at radius 3 is 2.22 bits per heavy atom. The van der Waals surface area contributed by atoms with Crippen LogP contribution in [0.15, 0.2) is 72.8 Å². The molecule has 1 aliphatic rings. The van der Waals surface area contributed by atoms with Gasteiger partial charge in [-0.3, -0.25) is 9.59 Å². The van der Waals surface area contributed by atoms with E-state index in [1.165, 1.54) is 6.07 Å². The molecule has 1 aliphatic carbocycles. The number of nitrogens with one attached hydrogen (secondary N) is 1. The first-order valence-electron chi connectivity index (χ1n) is 12.8. The van der Waals surface area contributed by atoms with Crippen molar-refractivity contribution in [2.24, 2.45) is 0 Å². The van der Waals surface area contributed by atoms with Gasteiger partial charge in [0.2, 0.25) is 11.8 Å². The number of halogens is 1. The Bertz CT molecular complexity index is 1170. The molecule has 1 saturated carbocycles. The number of amides is 2. The van der Waals surface area contributed by atoms with Gasteiger partial charge in [-0.05, 0) is 43.9 Å². The van der Waals surface area contributed by atoms with Gasteiger partial charge in [0.1, 0.15) is 11.9 Å². The molecular formula is C31H35FN2O2. The van der Waals surface area contributed by atoms with Gasteiger partial charge in [-0.2, -0.15) is 0 Å². The Morgan fingerprint density at radius 2 is 1.56 bits per heavy atom. The zero-order valence-electron chi connectivity index (χ0n) is 21.2. The molecule has 4 rings (SSSR count). The first-order chi connectivity index (χ1) is 17.4. The van der Waals surface area contributed by atoms with E-state index in [4.69, 9.17) is 0 Å². The molecule has 0 saturated heterocycles. The van der Waals surface area contributed by atoms with Gasteiger partial charge in [-0.15, -0.1) is 0 Å². The van der Waals surface area contributed by atoms with E-state index >= 15 is 0 Å². The lowest BCUT2D eigenvalue weighted by Crippen LogP contribution is -2.52. The van der Waals surface area contributed by atoms with Crippen LogP contribution < -0.4 is 5.32 Å². The van der Waals surface area contributed by atoms with Gasteiger partial charge in [-0.1, -0.05) is 90.7 Å². The van der Waals surface area contributed by atoms with Gasteiger partial charge in [0.15, 0.2) is 0 Å². The van der Waals surface area contributed by atoms with E-state index in [-0.39, 0.29) is 36.6 Å². The predicted molar refractivity (Wildman–Crippen MR) is 141 cm³/mol. The molecule has 3 aromatic carbocycles. The third-order valence-corrected chi connectivity index (χ3v) is 6.91. The molecule has 0 spiro atoms. The molecule has 1 unspecified atom stereocenters. The summed E-state index contributed by atoms with van der Waals surface area (Å²) in [5.74, 6) is -0.738. The van der Waals surface area contributed by atoms with Gasteiger partial charge in [-0.25, -0.2) is 4.39 Å². The van der Waals surface area contributed by atoms with E-state index in [0.717, 1.165) is 47.9 Å². The number of carbonyl (C=O) groups excluding carboxylic acids is 2. The van der Waals surface area contributed by atoms with Gasteiger partial charge in [0.05, 0.1) is 6.42 Å². The fraction of sp³-hybridized carbons (Fsp3) is 0.355. The van der Waals surface area contributed by atoms with Crippen LogP contribution in [0.1, 0.15) is 53.5 Å². The van der Waals surface area contributed by atoms with Crippen LogP contribution in [-0.4, -0.2) is 28.8 Å². The minimum absolute atomic E-state index is 0.0336. The van der Waals surface area contributed by atoms with Crippen LogP contribution in [0, 0.1) is 19.7 Å². The van der Waals surface area contributed by atoms with Gasteiger partial charge in [0.25, 0.3) is 0 Å². The summed E-state index contributed by atoms with van der Waals surface area (Å²) >= 11 is 0. The van der Waals surface area contributed by atoms with Crippen LogP contribution in [0.2, 0.25) is 0 Å². The summed E-state index contributed by atoms with van der Waals surface area (Å²) in [7, 11) is 0. The highest BCUT2D eigenvalue weighted by molar-refractivity contribution is 5.89. The van der Waals surface area contributed by atoms with Crippen molar-refractivity contribution < 1.29 is 14.0 Å². The molecule has 36 heavy (non-hydrogen) atoms. The largest absolute Gasteiger partial charge is 0.352 e. The monoisotopic (exact) mass is 486 g/mol. The first kappa shape index (κ1) is 25.6. The van der Waals surface area contributed by atoms with Crippen LogP contribution in [0.5, 0.6) is 0 Å². The summed E-state index contributed by atoms with van der Waals surface area (Å²) in [5.41, 5.74) is 4.42. The molecule has 0 aromatic heterocycles. The number of hydrogen-bond donors (Lipinski definition) is 1. The standard InChI is InChI=1S/C31H35FN2O2/c1-22-16-23(2)18-25(17-22)20-30(35)34(21-26-12-6-9-15-28(26)32)29(19-24-10-4-3-5-11-24)31(36)33-27-13-7-8-14-27/h3-6,9-12,15-18,27,29H,7-8,13-14,19-21H2,1-2H3,(H,33,36). The molecule has 0 aliphatic heterocycles. The van der Waals surface area contributed by atoms with Crippen molar-refractivity contribution in [2.45, 2.75) is 71.0 Å². The normalized spacial score (nSPS) is 14.4. The van der Waals surface area contributed by atoms with Crippen molar-refractivity contribution in [3.05, 3.63) is 106 Å². The predicted octanol–water partition coefficient (Wildman–Crippen LogP) is 5.68. The Balaban J connectivity index is 1.68. The number of aryl methyl sites for hydroxylation is 2. The Morgan fingerprint density at radius 1 is 0.917 bits per heavy atom. The van der Waals surface area contributed by atoms with Crippen molar-refractivity contribution in [3.63, 3.8) is 0 Å². The summed E-state index contributed by atoms with van der Waals surface area (Å²) in [4.78, 5) is 29.1. The minimum atomic E-state index is -0.744. The molecule has 2 amide bonds. The Kier molecular flexibility index (Phi) is 8.52. The number of hydrogen-bond acceptors (Lipinski definition) is 2. The molecule has 4 nitrogen and oxygen atoms in total. The quantitative estimate of drug-likeness (QED) is 0.423. The SMILES string of the molecule is Cc1cc(C)cc(CC(=O)N(Cc2ccccc2F)C(Cc2ccccc2)C(=O)NC2CCCC2)c1. The highest BCUT2D eigenvalue weighted by atomic mass is 19.1.